The van der Waals surface area contributed by atoms with Gasteiger partial charge in [-0.25, -0.2) is 9.36 Å². The predicted octanol–water partition coefficient (Wildman–Crippen LogP) is 5.54. The van der Waals surface area contributed by atoms with Crippen LogP contribution in [0.15, 0.2) is 84.9 Å². The van der Waals surface area contributed by atoms with Crippen molar-refractivity contribution < 1.29 is 0 Å². The summed E-state index contributed by atoms with van der Waals surface area (Å²) in [6, 6.07) is 29.4. The van der Waals surface area contributed by atoms with Gasteiger partial charge in [-0.1, -0.05) is 95.4 Å². The maximum absolute atomic E-state index is 4.78. The number of nitrogens with zero attached hydrogens (tertiary/aromatic N) is 6. The van der Waals surface area contributed by atoms with E-state index in [2.05, 4.69) is 100 Å². The van der Waals surface area contributed by atoms with Gasteiger partial charge in [0.05, 0.1) is 11.4 Å². The van der Waals surface area contributed by atoms with Gasteiger partial charge in [0.25, 0.3) is 0 Å². The number of fused-ring (bicyclic) bond motifs is 4. The third kappa shape index (κ3) is 3.13. The molecule has 2 aromatic heterocycles. The number of aryl methyl sites for hydroxylation is 4. The van der Waals surface area contributed by atoms with Crippen LogP contribution in [0.4, 0.5) is 0 Å². The largest absolute Gasteiger partial charge is 0.212 e. The Hall–Kier alpha value is -4.84. The first-order valence-electron chi connectivity index (χ1n) is 12.8. The molecule has 4 aromatic carbocycles. The Morgan fingerprint density at radius 2 is 0.763 bits per heavy atom. The Morgan fingerprint density at radius 1 is 0.421 bits per heavy atom. The molecule has 0 saturated carbocycles. The molecule has 38 heavy (non-hydrogen) atoms. The number of rotatable bonds is 2. The Bertz CT molecular complexity index is 2090. The van der Waals surface area contributed by atoms with Crippen molar-refractivity contribution in [2.45, 2.75) is 27.7 Å². The lowest BCUT2D eigenvalue weighted by atomic mass is 10.1. The molecule has 0 radical (unpaired) electrons. The van der Waals surface area contributed by atoms with E-state index in [1.165, 1.54) is 0 Å². The first kappa shape index (κ1) is 22.4. The number of hydrogen-bond donors (Lipinski definition) is 0. The van der Waals surface area contributed by atoms with E-state index >= 15 is 0 Å². The Kier molecular flexibility index (Phi) is 4.91. The second-order valence-corrected chi connectivity index (χ2v) is 9.97. The van der Waals surface area contributed by atoms with Crippen molar-refractivity contribution in [3.8, 4) is 11.4 Å². The van der Waals surface area contributed by atoms with Gasteiger partial charge in [-0.15, -0.1) is 10.2 Å². The summed E-state index contributed by atoms with van der Waals surface area (Å²) in [4.78, 5) is 0. The standard InChI is InChI=1S/C32H26N6/c1-19-11-9-12-20(2)29(19)37-31-25-17-7-8-18-26(25)32-28(24-16-6-5-15-23(24)27(31)33-35-37)34-36-38(32)30-21(3)13-10-14-22(30)4/h5-18H,1-4H3/b27-23+,28-24+,31-25+,32-26+. The Morgan fingerprint density at radius 3 is 1.13 bits per heavy atom. The van der Waals surface area contributed by atoms with Crippen molar-refractivity contribution in [2.24, 2.45) is 0 Å². The number of hydrogen-bond acceptors (Lipinski definition) is 4. The highest BCUT2D eigenvalue weighted by molar-refractivity contribution is 5.48. The summed E-state index contributed by atoms with van der Waals surface area (Å²) in [5, 5.41) is 26.7. The molecule has 0 amide bonds. The van der Waals surface area contributed by atoms with Gasteiger partial charge in [-0.3, -0.25) is 0 Å². The molecule has 0 aliphatic heterocycles. The van der Waals surface area contributed by atoms with Gasteiger partial charge in [0.15, 0.2) is 0 Å². The summed E-state index contributed by atoms with van der Waals surface area (Å²) >= 11 is 0. The van der Waals surface area contributed by atoms with Crippen LogP contribution in [0.25, 0.3) is 11.4 Å². The summed E-state index contributed by atoms with van der Waals surface area (Å²) in [5.74, 6) is 0. The lowest BCUT2D eigenvalue weighted by Gasteiger charge is -2.10. The van der Waals surface area contributed by atoms with Crippen molar-refractivity contribution in [1.29, 1.82) is 0 Å². The van der Waals surface area contributed by atoms with Crippen LogP contribution >= 0.6 is 0 Å². The molecule has 0 spiro atoms. The lowest BCUT2D eigenvalue weighted by molar-refractivity contribution is 0.773. The molecule has 0 bridgehead atoms. The van der Waals surface area contributed by atoms with Crippen molar-refractivity contribution in [1.82, 2.24) is 30.0 Å². The van der Waals surface area contributed by atoms with E-state index in [0.29, 0.717) is 0 Å². The van der Waals surface area contributed by atoms with Gasteiger partial charge in [-0.2, -0.15) is 0 Å². The van der Waals surface area contributed by atoms with Gasteiger partial charge in [0.2, 0.25) is 0 Å². The zero-order valence-corrected chi connectivity index (χ0v) is 21.8. The third-order valence-corrected chi connectivity index (χ3v) is 7.52. The third-order valence-electron chi connectivity index (χ3n) is 7.52. The van der Waals surface area contributed by atoms with E-state index in [9.17, 15) is 0 Å². The van der Waals surface area contributed by atoms with E-state index in [1.807, 2.05) is 21.5 Å². The first-order valence-corrected chi connectivity index (χ1v) is 12.8. The van der Waals surface area contributed by atoms with E-state index in [-0.39, 0.29) is 0 Å². The number of para-hydroxylation sites is 2. The van der Waals surface area contributed by atoms with Crippen LogP contribution in [0, 0.1) is 70.0 Å². The summed E-state index contributed by atoms with van der Waals surface area (Å²) in [5.41, 5.74) is 6.69. The molecule has 1 aliphatic carbocycles. The zero-order chi connectivity index (χ0) is 26.0. The van der Waals surface area contributed by atoms with Gasteiger partial charge in [-0.05, 0) is 49.9 Å². The number of aromatic nitrogens is 6. The summed E-state index contributed by atoms with van der Waals surface area (Å²) < 4.78 is 4.02. The highest BCUT2D eigenvalue weighted by atomic mass is 15.4. The quantitative estimate of drug-likeness (QED) is 0.317. The normalized spacial score (nSPS) is 15.5. The maximum Gasteiger partial charge on any atom is 0.122 e. The van der Waals surface area contributed by atoms with Crippen LogP contribution < -0.4 is 0 Å². The van der Waals surface area contributed by atoms with Crippen LogP contribution in [-0.4, -0.2) is 30.0 Å². The minimum Gasteiger partial charge on any atom is -0.212 e. The average Bonchev–Trinajstić information content (AvgIpc) is 3.52. The van der Waals surface area contributed by atoms with Gasteiger partial charge in [0, 0.05) is 20.9 Å². The van der Waals surface area contributed by atoms with Gasteiger partial charge >= 0.3 is 0 Å². The molecule has 7 rings (SSSR count). The fourth-order valence-corrected chi connectivity index (χ4v) is 5.79. The number of benzene rings is 4. The van der Waals surface area contributed by atoms with E-state index in [0.717, 1.165) is 75.9 Å². The fraction of sp³-hybridized carbons (Fsp3) is 0.125. The van der Waals surface area contributed by atoms with Crippen LogP contribution in [0.1, 0.15) is 22.3 Å². The van der Waals surface area contributed by atoms with Crippen LogP contribution in [0.2, 0.25) is 0 Å². The Labute approximate surface area is 218 Å². The molecule has 0 unspecified atom stereocenters. The van der Waals surface area contributed by atoms with Crippen molar-refractivity contribution in [3.05, 3.63) is 149 Å². The lowest BCUT2D eigenvalue weighted by Crippen LogP contribution is -2.05. The van der Waals surface area contributed by atoms with Gasteiger partial charge in [0.1, 0.15) is 21.4 Å². The van der Waals surface area contributed by atoms with E-state index in [1.54, 1.807) is 0 Å². The molecular weight excluding hydrogens is 468 g/mol. The minimum absolute atomic E-state index is 0.836. The molecule has 0 saturated heterocycles. The molecule has 0 N–H and O–H groups in total. The molecule has 1 aliphatic rings. The first-order chi connectivity index (χ1) is 18.5. The molecular formula is C32H26N6. The second-order valence-electron chi connectivity index (χ2n) is 9.97. The van der Waals surface area contributed by atoms with Crippen molar-refractivity contribution in [3.63, 3.8) is 0 Å². The van der Waals surface area contributed by atoms with Crippen molar-refractivity contribution in [2.75, 3.05) is 0 Å². The topological polar surface area (TPSA) is 61.4 Å². The predicted molar refractivity (Wildman–Crippen MR) is 145 cm³/mol. The molecule has 6 nitrogen and oxygen atoms in total. The Balaban J connectivity index is 1.89. The summed E-state index contributed by atoms with van der Waals surface area (Å²) in [6.45, 7) is 8.49. The highest BCUT2D eigenvalue weighted by Crippen LogP contribution is 2.22. The van der Waals surface area contributed by atoms with E-state index < -0.39 is 0 Å². The second kappa shape index (κ2) is 8.35. The van der Waals surface area contributed by atoms with Crippen LogP contribution in [0.3, 0.4) is 0 Å². The molecule has 0 fully saturated rings. The molecule has 0 atom stereocenters. The minimum atomic E-state index is 0.836. The average molecular weight is 495 g/mol. The summed E-state index contributed by atoms with van der Waals surface area (Å²) in [7, 11) is 0. The highest BCUT2D eigenvalue weighted by Gasteiger charge is 2.15. The fourth-order valence-electron chi connectivity index (χ4n) is 5.79. The smallest absolute Gasteiger partial charge is 0.122 e. The molecule has 6 aromatic rings. The SMILES string of the molecule is Cc1cccc(C)c1-n1nnc2/c1=c1/cccc/c1=c1/c(nnn1-c1c(C)cccc1C)=c1/cccc/c1=2. The summed E-state index contributed by atoms with van der Waals surface area (Å²) in [6.07, 6.45) is 0. The zero-order valence-electron chi connectivity index (χ0n) is 21.8. The molecule has 6 heteroatoms. The molecule has 184 valence electrons. The van der Waals surface area contributed by atoms with Crippen LogP contribution in [0.5, 0.6) is 0 Å². The van der Waals surface area contributed by atoms with E-state index in [4.69, 9.17) is 20.6 Å². The van der Waals surface area contributed by atoms with Crippen LogP contribution in [-0.2, 0) is 0 Å². The molecule has 2 heterocycles. The monoisotopic (exact) mass is 494 g/mol. The maximum atomic E-state index is 4.78. The van der Waals surface area contributed by atoms with Crippen molar-refractivity contribution >= 4 is 0 Å². The van der Waals surface area contributed by atoms with Gasteiger partial charge < -0.3 is 0 Å².